The number of methoxy groups -OCH3 is 1. The summed E-state index contributed by atoms with van der Waals surface area (Å²) in [7, 11) is 1.31. The maximum absolute atomic E-state index is 12.5. The molecule has 0 N–H and O–H groups in total. The molecule has 7 nitrogen and oxygen atoms in total. The van der Waals surface area contributed by atoms with Crippen LogP contribution >= 0.6 is 0 Å². The lowest BCUT2D eigenvalue weighted by Gasteiger charge is -2.06. The predicted octanol–water partition coefficient (Wildman–Crippen LogP) is 3.20. The number of rotatable bonds is 7. The average Bonchev–Trinajstić information content (AvgIpc) is 3.05. The van der Waals surface area contributed by atoms with Crippen molar-refractivity contribution >= 4 is 23.8 Å². The third-order valence-corrected chi connectivity index (χ3v) is 3.99. The molecular weight excluding hydrogens is 376 g/mol. The number of ether oxygens (including phenoxy) is 4. The third kappa shape index (κ3) is 4.70. The van der Waals surface area contributed by atoms with E-state index in [2.05, 4.69) is 11.3 Å². The van der Waals surface area contributed by atoms with Gasteiger partial charge in [0, 0.05) is 6.07 Å². The molecule has 1 aliphatic rings. The topological polar surface area (TPSA) is 88.1 Å². The zero-order valence-electron chi connectivity index (χ0n) is 15.7. The first-order chi connectivity index (χ1) is 14.0. The molecular formula is C22H18O7. The summed E-state index contributed by atoms with van der Waals surface area (Å²) in [6, 6.07) is 11.3. The van der Waals surface area contributed by atoms with Gasteiger partial charge in [0.05, 0.1) is 18.2 Å². The number of allylic oxidation sites excluding steroid dienone is 1. The number of Topliss-reactive ketones (excluding diaryl/α,β-unsaturated/α-hetero) is 1. The number of carbonyl (C=O) groups is 3. The van der Waals surface area contributed by atoms with Crippen molar-refractivity contribution in [2.75, 3.05) is 20.3 Å². The molecule has 0 bridgehead atoms. The first-order valence-electron chi connectivity index (χ1n) is 8.68. The van der Waals surface area contributed by atoms with Crippen LogP contribution in [0, 0.1) is 0 Å². The molecule has 0 unspecified atom stereocenters. The monoisotopic (exact) mass is 394 g/mol. The average molecular weight is 394 g/mol. The summed E-state index contributed by atoms with van der Waals surface area (Å²) in [5.41, 5.74) is 1.49. The highest BCUT2D eigenvalue weighted by Crippen LogP contribution is 2.34. The van der Waals surface area contributed by atoms with Crippen molar-refractivity contribution in [2.45, 2.75) is 0 Å². The molecule has 0 aliphatic carbocycles. The van der Waals surface area contributed by atoms with Crippen LogP contribution in [0.1, 0.15) is 26.3 Å². The van der Waals surface area contributed by atoms with Gasteiger partial charge < -0.3 is 18.9 Å². The fourth-order valence-corrected chi connectivity index (χ4v) is 2.58. The van der Waals surface area contributed by atoms with Crippen LogP contribution < -0.4 is 9.47 Å². The van der Waals surface area contributed by atoms with E-state index < -0.39 is 11.9 Å². The second-order valence-electron chi connectivity index (χ2n) is 5.97. The molecule has 1 heterocycles. The SMILES string of the molecule is C=CCOC(=O)COc1ccc2c(c1)O/C(=C\c1ccc(C(=O)OC)cc1)C2=O. The summed E-state index contributed by atoms with van der Waals surface area (Å²) in [6.07, 6.45) is 3.04. The maximum Gasteiger partial charge on any atom is 0.344 e. The molecule has 1 aliphatic heterocycles. The quantitative estimate of drug-likeness (QED) is 0.405. The number of carbonyl (C=O) groups excluding carboxylic acids is 3. The minimum atomic E-state index is -0.529. The van der Waals surface area contributed by atoms with Gasteiger partial charge in [0.25, 0.3) is 0 Å². The number of hydrogen-bond donors (Lipinski definition) is 0. The lowest BCUT2D eigenvalue weighted by molar-refractivity contribution is -0.144. The Morgan fingerprint density at radius 3 is 2.59 bits per heavy atom. The fraction of sp³-hybridized carbons (Fsp3) is 0.136. The predicted molar refractivity (Wildman–Crippen MR) is 104 cm³/mol. The van der Waals surface area contributed by atoms with Gasteiger partial charge in [-0.1, -0.05) is 24.8 Å². The van der Waals surface area contributed by atoms with Crippen molar-refractivity contribution in [1.29, 1.82) is 0 Å². The van der Waals surface area contributed by atoms with Crippen molar-refractivity contribution in [1.82, 2.24) is 0 Å². The summed E-state index contributed by atoms with van der Waals surface area (Å²) in [4.78, 5) is 35.5. The van der Waals surface area contributed by atoms with Crippen LogP contribution in [0.4, 0.5) is 0 Å². The standard InChI is InChI=1S/C22H18O7/c1-3-10-27-20(23)13-28-16-8-9-17-18(12-16)29-19(21(17)24)11-14-4-6-15(7-5-14)22(25)26-2/h3-9,11-12H,1,10,13H2,2H3/b19-11-. The van der Waals surface area contributed by atoms with Gasteiger partial charge in [-0.05, 0) is 35.9 Å². The molecule has 0 aromatic heterocycles. The highest BCUT2D eigenvalue weighted by molar-refractivity contribution is 6.14. The van der Waals surface area contributed by atoms with Crippen LogP contribution in [0.2, 0.25) is 0 Å². The Morgan fingerprint density at radius 1 is 1.14 bits per heavy atom. The van der Waals surface area contributed by atoms with Crippen LogP contribution in [-0.4, -0.2) is 38.0 Å². The Hall–Kier alpha value is -3.87. The molecule has 0 radical (unpaired) electrons. The summed E-state index contributed by atoms with van der Waals surface area (Å²) in [5, 5.41) is 0. The van der Waals surface area contributed by atoms with E-state index >= 15 is 0 Å². The van der Waals surface area contributed by atoms with E-state index in [9.17, 15) is 14.4 Å². The normalized spacial score (nSPS) is 13.4. The van der Waals surface area contributed by atoms with E-state index in [4.69, 9.17) is 14.2 Å². The fourth-order valence-electron chi connectivity index (χ4n) is 2.58. The van der Waals surface area contributed by atoms with E-state index in [0.717, 1.165) is 0 Å². The van der Waals surface area contributed by atoms with Gasteiger partial charge in [-0.15, -0.1) is 0 Å². The molecule has 0 spiro atoms. The summed E-state index contributed by atoms with van der Waals surface area (Å²) in [5.74, 6) is -0.383. The number of fused-ring (bicyclic) bond motifs is 1. The van der Waals surface area contributed by atoms with Crippen LogP contribution in [0.15, 0.2) is 60.9 Å². The van der Waals surface area contributed by atoms with Gasteiger partial charge in [-0.25, -0.2) is 9.59 Å². The summed E-state index contributed by atoms with van der Waals surface area (Å²) < 4.78 is 20.5. The van der Waals surface area contributed by atoms with Gasteiger partial charge in [-0.3, -0.25) is 4.79 Å². The molecule has 148 valence electrons. The smallest absolute Gasteiger partial charge is 0.344 e. The largest absolute Gasteiger partial charge is 0.482 e. The molecule has 0 amide bonds. The second-order valence-corrected chi connectivity index (χ2v) is 5.97. The van der Waals surface area contributed by atoms with Crippen molar-refractivity contribution < 1.29 is 33.3 Å². The Bertz CT molecular complexity index is 987. The third-order valence-electron chi connectivity index (χ3n) is 3.99. The molecule has 0 atom stereocenters. The van der Waals surface area contributed by atoms with Gasteiger partial charge in [-0.2, -0.15) is 0 Å². The van der Waals surface area contributed by atoms with Gasteiger partial charge in [0.2, 0.25) is 5.78 Å². The van der Waals surface area contributed by atoms with Gasteiger partial charge in [0.15, 0.2) is 12.4 Å². The molecule has 2 aromatic rings. The molecule has 0 fully saturated rings. The molecule has 0 saturated carbocycles. The van der Waals surface area contributed by atoms with E-state index in [1.807, 2.05) is 0 Å². The zero-order valence-corrected chi connectivity index (χ0v) is 15.7. The Kier molecular flexibility index (Phi) is 6.09. The number of hydrogen-bond acceptors (Lipinski definition) is 7. The summed E-state index contributed by atoms with van der Waals surface area (Å²) in [6.45, 7) is 3.30. The first kappa shape index (κ1) is 19.9. The van der Waals surface area contributed by atoms with E-state index in [1.54, 1.807) is 42.5 Å². The molecule has 2 aromatic carbocycles. The summed E-state index contributed by atoms with van der Waals surface area (Å²) >= 11 is 0. The Balaban J connectivity index is 1.70. The second kappa shape index (κ2) is 8.88. The molecule has 3 rings (SSSR count). The first-order valence-corrected chi connectivity index (χ1v) is 8.68. The van der Waals surface area contributed by atoms with E-state index in [-0.39, 0.29) is 24.8 Å². The van der Waals surface area contributed by atoms with Crippen LogP contribution in [0.5, 0.6) is 11.5 Å². The Labute approximate surface area is 167 Å². The molecule has 29 heavy (non-hydrogen) atoms. The van der Waals surface area contributed by atoms with E-state index in [1.165, 1.54) is 19.3 Å². The lowest BCUT2D eigenvalue weighted by atomic mass is 10.1. The number of benzene rings is 2. The highest BCUT2D eigenvalue weighted by Gasteiger charge is 2.27. The molecule has 0 saturated heterocycles. The Morgan fingerprint density at radius 2 is 1.90 bits per heavy atom. The minimum Gasteiger partial charge on any atom is -0.482 e. The lowest BCUT2D eigenvalue weighted by Crippen LogP contribution is -2.14. The minimum absolute atomic E-state index is 0.110. The highest BCUT2D eigenvalue weighted by atomic mass is 16.6. The number of ketones is 1. The van der Waals surface area contributed by atoms with Crippen LogP contribution in [0.3, 0.4) is 0 Å². The van der Waals surface area contributed by atoms with Crippen LogP contribution in [-0.2, 0) is 14.3 Å². The maximum atomic E-state index is 12.5. The van der Waals surface area contributed by atoms with Crippen molar-refractivity contribution in [2.24, 2.45) is 0 Å². The molecule has 7 heteroatoms. The van der Waals surface area contributed by atoms with E-state index in [0.29, 0.717) is 28.2 Å². The zero-order chi connectivity index (χ0) is 20.8. The van der Waals surface area contributed by atoms with Crippen molar-refractivity contribution in [3.8, 4) is 11.5 Å². The number of esters is 2. The van der Waals surface area contributed by atoms with Crippen molar-refractivity contribution in [3.63, 3.8) is 0 Å². The van der Waals surface area contributed by atoms with Gasteiger partial charge in [0.1, 0.15) is 18.1 Å². The van der Waals surface area contributed by atoms with Crippen molar-refractivity contribution in [3.05, 3.63) is 77.6 Å². The van der Waals surface area contributed by atoms with Crippen LogP contribution in [0.25, 0.3) is 6.08 Å². The van der Waals surface area contributed by atoms with Gasteiger partial charge >= 0.3 is 11.9 Å².